The first-order valence-corrected chi connectivity index (χ1v) is 5.90. The van der Waals surface area contributed by atoms with Gasteiger partial charge in [-0.2, -0.15) is 0 Å². The van der Waals surface area contributed by atoms with Gasteiger partial charge in [0.05, 0.1) is 4.92 Å². The van der Waals surface area contributed by atoms with Crippen LogP contribution in [0.25, 0.3) is 0 Å². The van der Waals surface area contributed by atoms with Crippen molar-refractivity contribution < 1.29 is 10.0 Å². The molecule has 0 bridgehead atoms. The average Bonchev–Trinajstić information content (AvgIpc) is 2.37. The van der Waals surface area contributed by atoms with Gasteiger partial charge >= 0.3 is 0 Å². The van der Waals surface area contributed by atoms with E-state index < -0.39 is 4.92 Å². The van der Waals surface area contributed by atoms with Gasteiger partial charge in [-0.3, -0.25) is 10.1 Å². The first kappa shape index (κ1) is 13.2. The Bertz CT molecular complexity index is 617. The Morgan fingerprint density at radius 3 is 2.74 bits per heavy atom. The fourth-order valence-corrected chi connectivity index (χ4v) is 1.84. The third-order valence-electron chi connectivity index (χ3n) is 2.55. The maximum absolute atomic E-state index is 10.9. The van der Waals surface area contributed by atoms with Crippen LogP contribution in [-0.4, -0.2) is 10.0 Å². The third kappa shape index (κ3) is 3.35. The molecule has 5 nitrogen and oxygen atoms in total. The Kier molecular flexibility index (Phi) is 3.87. The second kappa shape index (κ2) is 5.58. The van der Waals surface area contributed by atoms with Crippen molar-refractivity contribution in [3.05, 3.63) is 63.2 Å². The molecule has 0 heterocycles. The standard InChI is InChI=1S/C13H11ClN2O3/c14-10-4-5-12(13(7-10)16(18)19)15-8-9-2-1-3-11(17)6-9/h1-7,15,17H,8H2. The Morgan fingerprint density at radius 1 is 1.26 bits per heavy atom. The molecule has 0 aliphatic heterocycles. The van der Waals surface area contributed by atoms with E-state index in [2.05, 4.69) is 5.32 Å². The normalized spacial score (nSPS) is 10.2. The molecule has 2 N–H and O–H groups in total. The minimum Gasteiger partial charge on any atom is -0.508 e. The summed E-state index contributed by atoms with van der Waals surface area (Å²) in [6.07, 6.45) is 0. The second-order valence-corrected chi connectivity index (χ2v) is 4.38. The van der Waals surface area contributed by atoms with Crippen LogP contribution in [0.1, 0.15) is 5.56 Å². The van der Waals surface area contributed by atoms with Gasteiger partial charge in [-0.15, -0.1) is 0 Å². The molecule has 2 aromatic rings. The van der Waals surface area contributed by atoms with Gasteiger partial charge in [0, 0.05) is 17.6 Å². The molecule has 0 unspecified atom stereocenters. The molecule has 2 aromatic carbocycles. The maximum atomic E-state index is 10.9. The van der Waals surface area contributed by atoms with Gasteiger partial charge in [0.15, 0.2) is 0 Å². The van der Waals surface area contributed by atoms with Crippen molar-refractivity contribution in [2.24, 2.45) is 0 Å². The molecule has 0 radical (unpaired) electrons. The average molecular weight is 279 g/mol. The van der Waals surface area contributed by atoms with Gasteiger partial charge in [-0.1, -0.05) is 23.7 Å². The first-order chi connectivity index (χ1) is 9.06. The molecule has 0 aliphatic rings. The highest BCUT2D eigenvalue weighted by Gasteiger charge is 2.13. The van der Waals surface area contributed by atoms with Crippen LogP contribution in [0.15, 0.2) is 42.5 Å². The monoisotopic (exact) mass is 278 g/mol. The lowest BCUT2D eigenvalue weighted by Gasteiger charge is -2.07. The van der Waals surface area contributed by atoms with Crippen LogP contribution in [-0.2, 0) is 6.54 Å². The Hall–Kier alpha value is -2.27. The molecular weight excluding hydrogens is 268 g/mol. The number of hydrogen-bond donors (Lipinski definition) is 2. The fourth-order valence-electron chi connectivity index (χ4n) is 1.67. The number of benzene rings is 2. The van der Waals surface area contributed by atoms with Crippen molar-refractivity contribution in [3.8, 4) is 5.75 Å². The number of nitrogens with one attached hydrogen (secondary N) is 1. The minimum atomic E-state index is -0.489. The smallest absolute Gasteiger partial charge is 0.293 e. The van der Waals surface area contributed by atoms with Gasteiger partial charge in [-0.05, 0) is 29.8 Å². The number of aromatic hydroxyl groups is 1. The van der Waals surface area contributed by atoms with Crippen molar-refractivity contribution in [2.75, 3.05) is 5.32 Å². The summed E-state index contributed by atoms with van der Waals surface area (Å²) >= 11 is 5.73. The van der Waals surface area contributed by atoms with Gasteiger partial charge in [0.1, 0.15) is 11.4 Å². The Labute approximate surface area is 114 Å². The van der Waals surface area contributed by atoms with Crippen LogP contribution < -0.4 is 5.32 Å². The van der Waals surface area contributed by atoms with E-state index in [0.717, 1.165) is 5.56 Å². The number of rotatable bonds is 4. The van der Waals surface area contributed by atoms with Gasteiger partial charge in [0.25, 0.3) is 5.69 Å². The molecule has 0 amide bonds. The molecule has 0 saturated heterocycles. The Morgan fingerprint density at radius 2 is 2.05 bits per heavy atom. The zero-order valence-corrected chi connectivity index (χ0v) is 10.6. The van der Waals surface area contributed by atoms with Crippen LogP contribution in [0.5, 0.6) is 5.75 Å². The summed E-state index contributed by atoms with van der Waals surface area (Å²) in [4.78, 5) is 10.4. The molecule has 0 spiro atoms. The Balaban J connectivity index is 2.17. The van der Waals surface area contributed by atoms with Gasteiger partial charge < -0.3 is 10.4 Å². The number of nitrogens with zero attached hydrogens (tertiary/aromatic N) is 1. The summed E-state index contributed by atoms with van der Waals surface area (Å²) in [6.45, 7) is 0.372. The van der Waals surface area contributed by atoms with Crippen molar-refractivity contribution >= 4 is 23.0 Å². The SMILES string of the molecule is O=[N+]([O-])c1cc(Cl)ccc1NCc1cccc(O)c1. The first-order valence-electron chi connectivity index (χ1n) is 5.52. The van der Waals surface area contributed by atoms with Crippen molar-refractivity contribution in [1.82, 2.24) is 0 Å². The minimum absolute atomic E-state index is 0.0762. The molecule has 2 rings (SSSR count). The molecule has 0 aromatic heterocycles. The van der Waals surface area contributed by atoms with Crippen LogP contribution in [0.2, 0.25) is 5.02 Å². The van der Waals surface area contributed by atoms with E-state index in [0.29, 0.717) is 17.3 Å². The van der Waals surface area contributed by atoms with E-state index in [9.17, 15) is 15.2 Å². The molecule has 0 saturated carbocycles. The summed E-state index contributed by atoms with van der Waals surface area (Å²) in [5, 5.41) is 23.5. The maximum Gasteiger partial charge on any atom is 0.293 e. The van der Waals surface area contributed by atoms with Crippen molar-refractivity contribution in [2.45, 2.75) is 6.54 Å². The molecular formula is C13H11ClN2O3. The largest absolute Gasteiger partial charge is 0.508 e. The predicted octanol–water partition coefficient (Wildman–Crippen LogP) is 3.57. The second-order valence-electron chi connectivity index (χ2n) is 3.94. The molecule has 98 valence electrons. The lowest BCUT2D eigenvalue weighted by Crippen LogP contribution is -2.02. The molecule has 0 aliphatic carbocycles. The number of hydrogen-bond acceptors (Lipinski definition) is 4. The van der Waals surface area contributed by atoms with Gasteiger partial charge in [-0.25, -0.2) is 0 Å². The molecule has 6 heteroatoms. The number of phenolic OH excluding ortho intramolecular Hbond substituents is 1. The highest BCUT2D eigenvalue weighted by molar-refractivity contribution is 6.30. The third-order valence-corrected chi connectivity index (χ3v) is 2.79. The molecule has 19 heavy (non-hydrogen) atoms. The summed E-state index contributed by atoms with van der Waals surface area (Å²) < 4.78 is 0. The summed E-state index contributed by atoms with van der Waals surface area (Å²) in [5.41, 5.74) is 1.13. The van der Waals surface area contributed by atoms with Crippen LogP contribution in [0.3, 0.4) is 0 Å². The van der Waals surface area contributed by atoms with Crippen molar-refractivity contribution in [3.63, 3.8) is 0 Å². The van der Waals surface area contributed by atoms with E-state index in [4.69, 9.17) is 11.6 Å². The van der Waals surface area contributed by atoms with Crippen LogP contribution in [0.4, 0.5) is 11.4 Å². The van der Waals surface area contributed by atoms with Gasteiger partial charge in [0.2, 0.25) is 0 Å². The van der Waals surface area contributed by atoms with E-state index in [1.807, 2.05) is 6.07 Å². The lowest BCUT2D eigenvalue weighted by atomic mass is 10.2. The summed E-state index contributed by atoms with van der Waals surface area (Å²) in [5.74, 6) is 0.157. The zero-order valence-electron chi connectivity index (χ0n) is 9.84. The van der Waals surface area contributed by atoms with E-state index in [1.54, 1.807) is 30.3 Å². The van der Waals surface area contributed by atoms with E-state index in [-0.39, 0.29) is 11.4 Å². The van der Waals surface area contributed by atoms with E-state index in [1.165, 1.54) is 6.07 Å². The highest BCUT2D eigenvalue weighted by Crippen LogP contribution is 2.28. The fraction of sp³-hybridized carbons (Fsp3) is 0.0769. The van der Waals surface area contributed by atoms with Crippen LogP contribution in [0, 0.1) is 10.1 Å². The summed E-state index contributed by atoms with van der Waals surface area (Å²) in [7, 11) is 0. The van der Waals surface area contributed by atoms with Crippen LogP contribution >= 0.6 is 11.6 Å². The topological polar surface area (TPSA) is 75.4 Å². The number of halogens is 1. The van der Waals surface area contributed by atoms with Crippen molar-refractivity contribution in [1.29, 1.82) is 0 Å². The summed E-state index contributed by atoms with van der Waals surface area (Å²) in [6, 6.07) is 11.1. The van der Waals surface area contributed by atoms with E-state index >= 15 is 0 Å². The number of anilines is 1. The predicted molar refractivity (Wildman–Crippen MR) is 73.5 cm³/mol. The molecule has 0 atom stereocenters. The zero-order chi connectivity index (χ0) is 13.8. The number of phenols is 1. The number of nitro benzene ring substituents is 1. The molecule has 0 fully saturated rings. The highest BCUT2D eigenvalue weighted by atomic mass is 35.5. The quantitative estimate of drug-likeness (QED) is 0.662. The lowest BCUT2D eigenvalue weighted by molar-refractivity contribution is -0.383. The number of nitro groups is 1.